The van der Waals surface area contributed by atoms with Crippen LogP contribution >= 0.6 is 0 Å². The van der Waals surface area contributed by atoms with E-state index in [4.69, 9.17) is 5.73 Å². The largest absolute Gasteiger partial charge is 0.399 e. The topological polar surface area (TPSA) is 64.2 Å². The highest BCUT2D eigenvalue weighted by molar-refractivity contribution is 5.97. The number of hydrogen-bond donors (Lipinski definition) is 1. The van der Waals surface area contributed by atoms with E-state index in [0.29, 0.717) is 12.2 Å². The smallest absolute Gasteiger partial charge is 0.254 e. The molecule has 1 amide bonds. The highest BCUT2D eigenvalue weighted by Crippen LogP contribution is 2.22. The summed E-state index contributed by atoms with van der Waals surface area (Å²) in [4.78, 5) is 14.4. The Labute approximate surface area is 118 Å². The second-order valence-electron chi connectivity index (χ2n) is 5.10. The van der Waals surface area contributed by atoms with Crippen LogP contribution in [0, 0.1) is 0 Å². The van der Waals surface area contributed by atoms with E-state index in [9.17, 15) is 4.79 Å². The number of anilines is 1. The van der Waals surface area contributed by atoms with Crippen molar-refractivity contribution in [3.05, 3.63) is 47.3 Å². The van der Waals surface area contributed by atoms with Crippen LogP contribution in [0.3, 0.4) is 0 Å². The van der Waals surface area contributed by atoms with Gasteiger partial charge in [0.2, 0.25) is 0 Å². The molecule has 20 heavy (non-hydrogen) atoms. The van der Waals surface area contributed by atoms with E-state index in [1.165, 1.54) is 0 Å². The molecule has 5 nitrogen and oxygen atoms in total. The zero-order valence-corrected chi connectivity index (χ0v) is 11.5. The molecule has 1 aromatic carbocycles. The predicted octanol–water partition coefficient (Wildman–Crippen LogP) is 1.68. The van der Waals surface area contributed by atoms with Gasteiger partial charge in [-0.1, -0.05) is 6.07 Å². The van der Waals surface area contributed by atoms with Gasteiger partial charge >= 0.3 is 0 Å². The zero-order chi connectivity index (χ0) is 14.1. The van der Waals surface area contributed by atoms with Crippen LogP contribution in [0.5, 0.6) is 0 Å². The molecule has 0 unspecified atom stereocenters. The second-order valence-corrected chi connectivity index (χ2v) is 5.10. The number of fused-ring (bicyclic) bond motifs is 1. The van der Waals surface area contributed by atoms with Crippen LogP contribution in [-0.4, -0.2) is 27.1 Å². The Bertz CT molecular complexity index is 647. The molecule has 0 bridgehead atoms. The number of nitrogens with zero attached hydrogens (tertiary/aromatic N) is 3. The Kier molecular flexibility index (Phi) is 3.18. The van der Waals surface area contributed by atoms with Gasteiger partial charge in [0.1, 0.15) is 0 Å². The maximum Gasteiger partial charge on any atom is 0.254 e. The first-order valence-corrected chi connectivity index (χ1v) is 6.86. The van der Waals surface area contributed by atoms with Crippen molar-refractivity contribution in [1.82, 2.24) is 14.7 Å². The first-order chi connectivity index (χ1) is 9.67. The average molecular weight is 270 g/mol. The van der Waals surface area contributed by atoms with E-state index in [0.717, 1.165) is 36.2 Å². The lowest BCUT2D eigenvalue weighted by atomic mass is 9.98. The SMILES string of the molecule is CCn1cc(CN2CCc3ccc(N)cc3C2=O)cn1. The summed E-state index contributed by atoms with van der Waals surface area (Å²) in [5.41, 5.74) is 9.30. The average Bonchev–Trinajstić information content (AvgIpc) is 2.90. The predicted molar refractivity (Wildman–Crippen MR) is 77.2 cm³/mol. The van der Waals surface area contributed by atoms with E-state index < -0.39 is 0 Å². The number of carbonyl (C=O) groups excluding carboxylic acids is 1. The minimum atomic E-state index is 0.0581. The summed E-state index contributed by atoms with van der Waals surface area (Å²) in [7, 11) is 0. The molecule has 0 fully saturated rings. The van der Waals surface area contributed by atoms with Crippen LogP contribution in [0.4, 0.5) is 5.69 Å². The van der Waals surface area contributed by atoms with Gasteiger partial charge in [0.15, 0.2) is 0 Å². The first kappa shape index (κ1) is 12.7. The number of benzene rings is 1. The van der Waals surface area contributed by atoms with Crippen molar-refractivity contribution in [2.75, 3.05) is 12.3 Å². The Morgan fingerprint density at radius 1 is 1.40 bits per heavy atom. The third-order valence-electron chi connectivity index (χ3n) is 3.69. The molecule has 0 spiro atoms. The number of carbonyl (C=O) groups is 1. The van der Waals surface area contributed by atoms with Crippen LogP contribution in [-0.2, 0) is 19.5 Å². The lowest BCUT2D eigenvalue weighted by Crippen LogP contribution is -2.37. The lowest BCUT2D eigenvalue weighted by molar-refractivity contribution is 0.0727. The van der Waals surface area contributed by atoms with Gasteiger partial charge in [-0.2, -0.15) is 5.10 Å². The number of nitrogens with two attached hydrogens (primary N) is 1. The fourth-order valence-electron chi connectivity index (χ4n) is 2.57. The van der Waals surface area contributed by atoms with Crippen LogP contribution in [0.25, 0.3) is 0 Å². The molecule has 104 valence electrons. The normalized spacial score (nSPS) is 14.4. The molecule has 1 aliphatic rings. The summed E-state index contributed by atoms with van der Waals surface area (Å²) in [6.45, 7) is 4.23. The summed E-state index contributed by atoms with van der Waals surface area (Å²) in [6, 6.07) is 5.58. The number of aryl methyl sites for hydroxylation is 1. The summed E-state index contributed by atoms with van der Waals surface area (Å²) in [5.74, 6) is 0.0581. The summed E-state index contributed by atoms with van der Waals surface area (Å²) in [5, 5.41) is 4.24. The van der Waals surface area contributed by atoms with Crippen molar-refractivity contribution in [1.29, 1.82) is 0 Å². The highest BCUT2D eigenvalue weighted by atomic mass is 16.2. The molecule has 0 saturated heterocycles. The molecule has 0 atom stereocenters. The van der Waals surface area contributed by atoms with E-state index >= 15 is 0 Å². The molecule has 2 heterocycles. The monoisotopic (exact) mass is 270 g/mol. The van der Waals surface area contributed by atoms with Gasteiger partial charge in [-0.05, 0) is 31.0 Å². The van der Waals surface area contributed by atoms with Crippen molar-refractivity contribution in [2.45, 2.75) is 26.4 Å². The van der Waals surface area contributed by atoms with E-state index in [2.05, 4.69) is 5.10 Å². The van der Waals surface area contributed by atoms with E-state index in [-0.39, 0.29) is 5.91 Å². The first-order valence-electron chi connectivity index (χ1n) is 6.86. The van der Waals surface area contributed by atoms with Crippen LogP contribution in [0.2, 0.25) is 0 Å². The standard InChI is InChI=1S/C15H18N4O/c1-2-19-10-11(8-17-19)9-18-6-5-12-3-4-13(16)7-14(12)15(18)20/h3-4,7-8,10H,2,5-6,9,16H2,1H3. The fourth-order valence-corrected chi connectivity index (χ4v) is 2.57. The molecule has 2 N–H and O–H groups in total. The quantitative estimate of drug-likeness (QED) is 0.863. The van der Waals surface area contributed by atoms with Crippen molar-refractivity contribution in [2.24, 2.45) is 0 Å². The number of hydrogen-bond acceptors (Lipinski definition) is 3. The zero-order valence-electron chi connectivity index (χ0n) is 11.5. The Morgan fingerprint density at radius 2 is 2.25 bits per heavy atom. The third kappa shape index (κ3) is 2.27. The number of rotatable bonds is 3. The maximum atomic E-state index is 12.5. The van der Waals surface area contributed by atoms with E-state index in [1.54, 1.807) is 6.07 Å². The van der Waals surface area contributed by atoms with Gasteiger partial charge in [0.05, 0.1) is 6.20 Å². The van der Waals surface area contributed by atoms with Gasteiger partial charge in [0.25, 0.3) is 5.91 Å². The van der Waals surface area contributed by atoms with Crippen LogP contribution in [0.1, 0.15) is 28.4 Å². The molecule has 2 aromatic rings. The minimum Gasteiger partial charge on any atom is -0.399 e. The van der Waals surface area contributed by atoms with Gasteiger partial charge in [-0.15, -0.1) is 0 Å². The number of amides is 1. The van der Waals surface area contributed by atoms with Crippen LogP contribution < -0.4 is 5.73 Å². The molecular formula is C15H18N4O. The van der Waals surface area contributed by atoms with Crippen molar-refractivity contribution < 1.29 is 4.79 Å². The fraction of sp³-hybridized carbons (Fsp3) is 0.333. The molecule has 0 radical (unpaired) electrons. The molecule has 0 aliphatic carbocycles. The van der Waals surface area contributed by atoms with Crippen molar-refractivity contribution >= 4 is 11.6 Å². The van der Waals surface area contributed by atoms with Gasteiger partial charge in [-0.3, -0.25) is 9.48 Å². The molecule has 1 aliphatic heterocycles. The Morgan fingerprint density at radius 3 is 3.00 bits per heavy atom. The van der Waals surface area contributed by atoms with Gasteiger partial charge < -0.3 is 10.6 Å². The molecule has 1 aromatic heterocycles. The Hall–Kier alpha value is -2.30. The second kappa shape index (κ2) is 5.00. The minimum absolute atomic E-state index is 0.0581. The summed E-state index contributed by atoms with van der Waals surface area (Å²) in [6.07, 6.45) is 4.69. The van der Waals surface area contributed by atoms with Crippen molar-refractivity contribution in [3.8, 4) is 0 Å². The van der Waals surface area contributed by atoms with Crippen LogP contribution in [0.15, 0.2) is 30.6 Å². The number of nitrogen functional groups attached to an aromatic ring is 1. The van der Waals surface area contributed by atoms with Crippen molar-refractivity contribution in [3.63, 3.8) is 0 Å². The molecule has 3 rings (SSSR count). The summed E-state index contributed by atoms with van der Waals surface area (Å²) < 4.78 is 1.87. The molecular weight excluding hydrogens is 252 g/mol. The van der Waals surface area contributed by atoms with Gasteiger partial charge in [0, 0.05) is 42.6 Å². The number of aromatic nitrogens is 2. The maximum absolute atomic E-state index is 12.5. The highest BCUT2D eigenvalue weighted by Gasteiger charge is 2.24. The Balaban J connectivity index is 1.81. The summed E-state index contributed by atoms with van der Waals surface area (Å²) >= 11 is 0. The molecule has 0 saturated carbocycles. The third-order valence-corrected chi connectivity index (χ3v) is 3.69. The van der Waals surface area contributed by atoms with E-state index in [1.807, 2.05) is 41.0 Å². The molecule has 5 heteroatoms. The van der Waals surface area contributed by atoms with Gasteiger partial charge in [-0.25, -0.2) is 0 Å². The lowest BCUT2D eigenvalue weighted by Gasteiger charge is -2.28.